The number of alkyl carbamates (subject to hydrolysis) is 1. The lowest BCUT2D eigenvalue weighted by Crippen LogP contribution is -2.66. The molecule has 13 nitrogen and oxygen atoms in total. The van der Waals surface area contributed by atoms with Crippen molar-refractivity contribution in [2.75, 3.05) is 33.4 Å². The van der Waals surface area contributed by atoms with Crippen molar-refractivity contribution in [3.05, 3.63) is 192 Å². The molecule has 2 amide bonds. The average Bonchev–Trinajstić information content (AvgIpc) is 3.79. The van der Waals surface area contributed by atoms with Crippen molar-refractivity contribution in [2.24, 2.45) is 0 Å². The molecule has 0 fully saturated rings. The fourth-order valence-corrected chi connectivity index (χ4v) is 14.0. The van der Waals surface area contributed by atoms with Gasteiger partial charge in [0, 0.05) is 32.2 Å². The van der Waals surface area contributed by atoms with Gasteiger partial charge in [-0.25, -0.2) is 9.59 Å². The van der Waals surface area contributed by atoms with Gasteiger partial charge in [-0.05, 0) is 81.2 Å². The van der Waals surface area contributed by atoms with Crippen LogP contribution in [0.3, 0.4) is 0 Å². The molecule has 0 aliphatic carbocycles. The van der Waals surface area contributed by atoms with Gasteiger partial charge in [0.15, 0.2) is 6.10 Å². The van der Waals surface area contributed by atoms with E-state index in [-0.39, 0.29) is 30.7 Å². The Bertz CT molecular complexity index is 2680. The Labute approximate surface area is 429 Å². The topological polar surface area (TPSA) is 159 Å². The van der Waals surface area contributed by atoms with Gasteiger partial charge in [0.05, 0.1) is 19.8 Å². The Morgan fingerprint density at radius 1 is 0.699 bits per heavy atom. The van der Waals surface area contributed by atoms with Crippen LogP contribution >= 0.6 is 0 Å². The van der Waals surface area contributed by atoms with E-state index >= 15 is 4.79 Å². The Kier molecular flexibility index (Phi) is 18.6. The largest absolute Gasteiger partial charge is 0.489 e. The molecule has 382 valence electrons. The van der Waals surface area contributed by atoms with Crippen molar-refractivity contribution in [3.63, 3.8) is 0 Å². The van der Waals surface area contributed by atoms with Crippen LogP contribution < -0.4 is 25.2 Å². The summed E-state index contributed by atoms with van der Waals surface area (Å²) in [6, 6.07) is 50.9. The molecular weight excluding hydrogens is 941 g/mol. The van der Waals surface area contributed by atoms with Crippen molar-refractivity contribution in [2.45, 2.75) is 89.4 Å². The highest BCUT2D eigenvalue weighted by molar-refractivity contribution is 6.99. The molecule has 2 N–H and O–H groups in total. The number of nitrogens with zero attached hydrogens (tertiary/aromatic N) is 1. The number of methoxy groups -OCH3 is 1. The number of esters is 2. The first-order chi connectivity index (χ1) is 35.3. The number of benzene rings is 6. The Balaban J connectivity index is 1.19. The number of nitrogens with one attached hydrogen (secondary N) is 1. The number of hydrogen-bond acceptors (Lipinski definition) is 11. The van der Waals surface area contributed by atoms with Gasteiger partial charge in [-0.2, -0.15) is 0 Å². The number of carbonyl (C=O) groups excluding carboxylic acids is 4. The van der Waals surface area contributed by atoms with Crippen LogP contribution in [0.5, 0.6) is 11.5 Å². The number of ether oxygens (including phenoxy) is 5. The third-order valence-electron chi connectivity index (χ3n) is 13.0. The fraction of sp³-hybridized carbons (Fsp3) is 0.322. The predicted molar refractivity (Wildman–Crippen MR) is 281 cm³/mol. The number of rotatable bonds is 23. The van der Waals surface area contributed by atoms with Gasteiger partial charge in [0.2, 0.25) is 5.91 Å². The molecule has 0 aromatic heterocycles. The van der Waals surface area contributed by atoms with Crippen LogP contribution in [0.2, 0.25) is 5.04 Å². The Morgan fingerprint density at radius 3 is 1.85 bits per heavy atom. The van der Waals surface area contributed by atoms with Crippen molar-refractivity contribution in [1.82, 2.24) is 10.2 Å². The molecule has 0 saturated carbocycles. The maximum Gasteiger partial charge on any atom is 0.408 e. The van der Waals surface area contributed by atoms with Crippen LogP contribution in [0.1, 0.15) is 92.8 Å². The van der Waals surface area contributed by atoms with Crippen LogP contribution in [0.4, 0.5) is 4.79 Å². The van der Waals surface area contributed by atoms with E-state index in [2.05, 4.69) is 74.6 Å². The number of aliphatic hydroxyl groups is 1. The van der Waals surface area contributed by atoms with E-state index in [4.69, 9.17) is 28.1 Å². The van der Waals surface area contributed by atoms with E-state index < -0.39 is 50.5 Å². The highest BCUT2D eigenvalue weighted by atomic mass is 28.4. The summed E-state index contributed by atoms with van der Waals surface area (Å²) >= 11 is 0. The summed E-state index contributed by atoms with van der Waals surface area (Å²) in [5.41, 5.74) is 3.25. The number of hydrogen-bond donors (Lipinski definition) is 2. The molecule has 6 aromatic carbocycles. The molecule has 0 bridgehead atoms. The van der Waals surface area contributed by atoms with E-state index in [1.807, 2.05) is 84.9 Å². The molecule has 0 spiro atoms. The Morgan fingerprint density at radius 2 is 1.27 bits per heavy atom. The monoisotopic (exact) mass is 1010 g/mol. The molecule has 0 unspecified atom stereocenters. The maximum atomic E-state index is 15.5. The second kappa shape index (κ2) is 25.4. The van der Waals surface area contributed by atoms with Crippen LogP contribution in [-0.2, 0) is 46.2 Å². The molecule has 6 aromatic rings. The molecule has 0 saturated heterocycles. The minimum Gasteiger partial charge on any atom is -0.489 e. The molecule has 7 rings (SSSR count). The van der Waals surface area contributed by atoms with Crippen LogP contribution in [-0.4, -0.2) is 81.8 Å². The lowest BCUT2D eigenvalue weighted by Gasteiger charge is -2.43. The molecule has 14 heteroatoms. The van der Waals surface area contributed by atoms with Gasteiger partial charge in [-0.15, -0.1) is 0 Å². The molecule has 0 radical (unpaired) electrons. The quantitative estimate of drug-likeness (QED) is 0.0273. The first-order valence-electron chi connectivity index (χ1n) is 24.8. The summed E-state index contributed by atoms with van der Waals surface area (Å²) in [7, 11) is -1.68. The second-order valence-electron chi connectivity index (χ2n) is 19.0. The number of unbranched alkanes of at least 4 members (excludes halogenated alkanes) is 1. The van der Waals surface area contributed by atoms with Gasteiger partial charge < -0.3 is 43.4 Å². The molecule has 1 aliphatic heterocycles. The van der Waals surface area contributed by atoms with Gasteiger partial charge in [-0.1, -0.05) is 160 Å². The third kappa shape index (κ3) is 13.6. The zero-order valence-corrected chi connectivity index (χ0v) is 43.2. The predicted octanol–water partition coefficient (Wildman–Crippen LogP) is 9.12. The smallest absolute Gasteiger partial charge is 0.408 e. The van der Waals surface area contributed by atoms with E-state index in [0.717, 1.165) is 18.2 Å². The van der Waals surface area contributed by atoms with Crippen LogP contribution in [0.15, 0.2) is 164 Å². The number of amides is 2. The molecule has 73 heavy (non-hydrogen) atoms. The normalized spacial score (nSPS) is 14.9. The summed E-state index contributed by atoms with van der Waals surface area (Å²) < 4.78 is 35.8. The molecular formula is C59H66N2O11Si. The molecule has 1 aliphatic rings. The van der Waals surface area contributed by atoms with Crippen LogP contribution in [0, 0.1) is 0 Å². The number of carbonyl (C=O) groups is 4. The zero-order chi connectivity index (χ0) is 51.8. The van der Waals surface area contributed by atoms with E-state index in [1.54, 1.807) is 35.2 Å². The first-order valence-corrected chi connectivity index (χ1v) is 26.7. The summed E-state index contributed by atoms with van der Waals surface area (Å²) in [5.74, 6) is -1.54. The second-order valence-corrected chi connectivity index (χ2v) is 23.4. The highest BCUT2D eigenvalue weighted by Gasteiger charge is 2.50. The fourth-order valence-electron chi connectivity index (χ4n) is 9.38. The minimum atomic E-state index is -2.82. The molecule has 1 heterocycles. The Hall–Kier alpha value is -7.26. The number of aliphatic hydroxyl groups excluding tert-OH is 1. The van der Waals surface area contributed by atoms with Crippen molar-refractivity contribution in [3.8, 4) is 11.5 Å². The van der Waals surface area contributed by atoms with Gasteiger partial charge in [-0.3, -0.25) is 9.59 Å². The van der Waals surface area contributed by atoms with Crippen LogP contribution in [0.25, 0.3) is 0 Å². The highest BCUT2D eigenvalue weighted by Crippen LogP contribution is 2.48. The summed E-state index contributed by atoms with van der Waals surface area (Å²) in [4.78, 5) is 55.4. The van der Waals surface area contributed by atoms with Gasteiger partial charge >= 0.3 is 18.0 Å². The average molecular weight is 1010 g/mol. The van der Waals surface area contributed by atoms with E-state index in [9.17, 15) is 19.5 Å². The molecule has 4 atom stereocenters. The first kappa shape index (κ1) is 53.5. The minimum absolute atomic E-state index is 0.0566. The number of fused-ring (bicyclic) bond motifs is 1. The standard InChI is InChI=1S/C59H66N2O11Si/c1-42(62)68-37-20-36-61(35-18-19-38-71-73(59(2,3)4,48-25-14-8-15-26-48)49-27-16-9-17-28-49)56(64)52-50-39-46(53(54(63)57(65)67-5)60-58(66)70-41-44-23-12-7-13-24-44)31-34-51(50)72-55(52)45-29-32-47(33-30-45)69-40-43-21-10-6-11-22-43/h6-17,21-34,39,52-55,63H,18-20,35-38,40-41H2,1-5H3,(H,60,66)/t52-,53-,54+,55+/m1/s1. The van der Waals surface area contributed by atoms with Crippen molar-refractivity contribution < 1.29 is 52.4 Å². The summed E-state index contributed by atoms with van der Waals surface area (Å²) in [5, 5.41) is 16.2. The SMILES string of the molecule is COC(=O)[C@@H](O)[C@H](NC(=O)OCc1ccccc1)c1ccc2c(c1)[C@@H](C(=O)N(CCCCO[Si](c1ccccc1)(c1ccccc1)C(C)(C)C)CCCOC(C)=O)[C@H](c1ccc(OCc3ccccc3)cc1)O2. The third-order valence-corrected chi connectivity index (χ3v) is 18.0. The van der Waals surface area contributed by atoms with Crippen molar-refractivity contribution in [1.29, 1.82) is 0 Å². The van der Waals surface area contributed by atoms with Crippen molar-refractivity contribution >= 4 is 42.6 Å². The lowest BCUT2D eigenvalue weighted by molar-refractivity contribution is -0.152. The van der Waals surface area contributed by atoms with E-state index in [0.29, 0.717) is 67.2 Å². The van der Waals surface area contributed by atoms with Gasteiger partial charge in [0.25, 0.3) is 8.32 Å². The zero-order valence-electron chi connectivity index (χ0n) is 42.2. The maximum absolute atomic E-state index is 15.5. The summed E-state index contributed by atoms with van der Waals surface area (Å²) in [6.07, 6.45) is -1.92. The van der Waals surface area contributed by atoms with Gasteiger partial charge in [0.1, 0.15) is 36.7 Å². The lowest BCUT2D eigenvalue weighted by atomic mass is 9.87. The summed E-state index contributed by atoms with van der Waals surface area (Å²) in [6.45, 7) is 9.57. The van der Waals surface area contributed by atoms with E-state index in [1.165, 1.54) is 17.3 Å².